The highest BCUT2D eigenvalue weighted by molar-refractivity contribution is 6.29. The van der Waals surface area contributed by atoms with E-state index in [4.69, 9.17) is 11.6 Å². The number of halogens is 1. The van der Waals surface area contributed by atoms with Gasteiger partial charge >= 0.3 is 0 Å². The van der Waals surface area contributed by atoms with Crippen molar-refractivity contribution in [3.63, 3.8) is 0 Å². The van der Waals surface area contributed by atoms with E-state index < -0.39 is 0 Å². The zero-order valence-electron chi connectivity index (χ0n) is 11.7. The average Bonchev–Trinajstić information content (AvgIpc) is 2.46. The molecule has 2 rings (SSSR count). The molecule has 1 saturated heterocycles. The first kappa shape index (κ1) is 14.8. The Hall–Kier alpha value is -0.640. The van der Waals surface area contributed by atoms with E-state index >= 15 is 0 Å². The van der Waals surface area contributed by atoms with E-state index in [0.29, 0.717) is 11.2 Å². The highest BCUT2D eigenvalue weighted by Crippen LogP contribution is 2.27. The average molecular weight is 282 g/mol. The lowest BCUT2D eigenvalue weighted by Gasteiger charge is -2.35. The summed E-state index contributed by atoms with van der Waals surface area (Å²) < 4.78 is 0. The van der Waals surface area contributed by atoms with Gasteiger partial charge in [0.15, 0.2) is 0 Å². The maximum atomic E-state index is 5.89. The molecule has 0 aromatic carbocycles. The molecule has 0 saturated carbocycles. The predicted octanol–water partition coefficient (Wildman–Crippen LogP) is 3.26. The van der Waals surface area contributed by atoms with E-state index in [2.05, 4.69) is 28.2 Å². The molecular formula is C15H24ClN3. The molecule has 19 heavy (non-hydrogen) atoms. The van der Waals surface area contributed by atoms with Crippen LogP contribution in [0.1, 0.15) is 44.2 Å². The first-order valence-electron chi connectivity index (χ1n) is 7.37. The summed E-state index contributed by atoms with van der Waals surface area (Å²) in [6, 6.07) is 4.54. The van der Waals surface area contributed by atoms with Crippen molar-refractivity contribution in [1.29, 1.82) is 0 Å². The molecule has 1 aliphatic heterocycles. The maximum absolute atomic E-state index is 5.89. The van der Waals surface area contributed by atoms with Gasteiger partial charge < -0.3 is 5.32 Å². The summed E-state index contributed by atoms with van der Waals surface area (Å²) in [5.74, 6) is 0. The Morgan fingerprint density at radius 1 is 1.32 bits per heavy atom. The first-order valence-corrected chi connectivity index (χ1v) is 7.75. The van der Waals surface area contributed by atoms with Crippen LogP contribution < -0.4 is 5.32 Å². The number of hydrogen-bond donors (Lipinski definition) is 1. The molecule has 106 valence electrons. The molecule has 0 radical (unpaired) electrons. The number of nitrogens with one attached hydrogen (secondary N) is 1. The normalized spacial score (nSPS) is 18.4. The molecule has 0 bridgehead atoms. The van der Waals surface area contributed by atoms with Crippen molar-refractivity contribution in [1.82, 2.24) is 15.2 Å². The van der Waals surface area contributed by atoms with Crippen LogP contribution in [0.3, 0.4) is 0 Å². The molecule has 3 nitrogen and oxygen atoms in total. The predicted molar refractivity (Wildman–Crippen MR) is 80.6 cm³/mol. The lowest BCUT2D eigenvalue weighted by atomic mass is 9.99. The summed E-state index contributed by atoms with van der Waals surface area (Å²) in [6.45, 7) is 6.68. The Kier molecular flexibility index (Phi) is 6.08. The Morgan fingerprint density at radius 2 is 2.11 bits per heavy atom. The molecule has 0 aliphatic carbocycles. The van der Waals surface area contributed by atoms with Crippen LogP contribution in [-0.2, 0) is 0 Å². The molecule has 1 atom stereocenters. The summed E-state index contributed by atoms with van der Waals surface area (Å²) in [5, 5.41) is 4.00. The van der Waals surface area contributed by atoms with Gasteiger partial charge in [-0.2, -0.15) is 0 Å². The summed E-state index contributed by atoms with van der Waals surface area (Å²) >= 11 is 5.89. The Bertz CT molecular complexity index is 360. The largest absolute Gasteiger partial charge is 0.314 e. The van der Waals surface area contributed by atoms with Crippen LogP contribution >= 0.6 is 11.6 Å². The number of aromatic nitrogens is 1. The van der Waals surface area contributed by atoms with Gasteiger partial charge in [0.1, 0.15) is 5.15 Å². The molecule has 0 unspecified atom stereocenters. The van der Waals surface area contributed by atoms with Gasteiger partial charge in [0, 0.05) is 38.4 Å². The van der Waals surface area contributed by atoms with E-state index in [1.165, 1.54) is 31.2 Å². The monoisotopic (exact) mass is 281 g/mol. The summed E-state index contributed by atoms with van der Waals surface area (Å²) in [6.07, 6.45) is 7.03. The zero-order chi connectivity index (χ0) is 13.5. The summed E-state index contributed by atoms with van der Waals surface area (Å²) in [7, 11) is 0. The van der Waals surface area contributed by atoms with E-state index in [-0.39, 0.29) is 0 Å². The lowest BCUT2D eigenvalue weighted by Crippen LogP contribution is -2.45. The molecule has 0 spiro atoms. The zero-order valence-corrected chi connectivity index (χ0v) is 12.5. The maximum Gasteiger partial charge on any atom is 0.129 e. The third-order valence-corrected chi connectivity index (χ3v) is 4.03. The minimum Gasteiger partial charge on any atom is -0.314 e. The van der Waals surface area contributed by atoms with Gasteiger partial charge in [0.25, 0.3) is 0 Å². The standard InChI is InChI=1S/C15H24ClN3/c1-2-3-4-5-14(19-10-8-17-9-11-19)13-6-7-15(16)18-12-13/h6-7,12,14,17H,2-5,8-11H2,1H3/t14-/m1/s1. The van der Waals surface area contributed by atoms with Crippen molar-refractivity contribution in [3.8, 4) is 0 Å². The number of nitrogens with zero attached hydrogens (tertiary/aromatic N) is 2. The van der Waals surface area contributed by atoms with Crippen LogP contribution in [0, 0.1) is 0 Å². The van der Waals surface area contributed by atoms with Crippen LogP contribution in [-0.4, -0.2) is 36.1 Å². The molecule has 1 aliphatic rings. The molecular weight excluding hydrogens is 258 g/mol. The lowest BCUT2D eigenvalue weighted by molar-refractivity contribution is 0.162. The second-order valence-corrected chi connectivity index (χ2v) is 5.60. The van der Waals surface area contributed by atoms with Crippen LogP contribution in [0.2, 0.25) is 5.15 Å². The fourth-order valence-electron chi connectivity index (χ4n) is 2.73. The van der Waals surface area contributed by atoms with Crippen molar-refractivity contribution >= 4 is 11.6 Å². The van der Waals surface area contributed by atoms with Crippen LogP contribution in [0.5, 0.6) is 0 Å². The van der Waals surface area contributed by atoms with Gasteiger partial charge in [0.05, 0.1) is 0 Å². The smallest absolute Gasteiger partial charge is 0.129 e. The minimum absolute atomic E-state index is 0.499. The van der Waals surface area contributed by atoms with Crippen molar-refractivity contribution in [3.05, 3.63) is 29.0 Å². The van der Waals surface area contributed by atoms with Gasteiger partial charge in [-0.15, -0.1) is 0 Å². The van der Waals surface area contributed by atoms with Gasteiger partial charge in [-0.25, -0.2) is 4.98 Å². The Labute approximate surface area is 121 Å². The second-order valence-electron chi connectivity index (χ2n) is 5.21. The number of unbranched alkanes of at least 4 members (excludes halogenated alkanes) is 2. The van der Waals surface area contributed by atoms with Crippen molar-refractivity contribution < 1.29 is 0 Å². The minimum atomic E-state index is 0.499. The van der Waals surface area contributed by atoms with Gasteiger partial charge in [-0.3, -0.25) is 4.90 Å². The molecule has 1 aromatic heterocycles. The van der Waals surface area contributed by atoms with Gasteiger partial charge in [0.2, 0.25) is 0 Å². The Balaban J connectivity index is 2.05. The van der Waals surface area contributed by atoms with E-state index in [9.17, 15) is 0 Å². The highest BCUT2D eigenvalue weighted by atomic mass is 35.5. The molecule has 1 N–H and O–H groups in total. The van der Waals surface area contributed by atoms with Crippen LogP contribution in [0.4, 0.5) is 0 Å². The number of piperazine rings is 1. The first-order chi connectivity index (χ1) is 9.31. The van der Waals surface area contributed by atoms with Crippen LogP contribution in [0.25, 0.3) is 0 Å². The number of rotatable bonds is 6. The fourth-order valence-corrected chi connectivity index (χ4v) is 2.84. The molecule has 0 amide bonds. The summed E-state index contributed by atoms with van der Waals surface area (Å²) in [5.41, 5.74) is 1.31. The third kappa shape index (κ3) is 4.44. The highest BCUT2D eigenvalue weighted by Gasteiger charge is 2.21. The third-order valence-electron chi connectivity index (χ3n) is 3.81. The van der Waals surface area contributed by atoms with E-state index in [1.807, 2.05) is 12.3 Å². The van der Waals surface area contributed by atoms with Crippen molar-refractivity contribution in [2.45, 2.75) is 38.6 Å². The Morgan fingerprint density at radius 3 is 2.74 bits per heavy atom. The van der Waals surface area contributed by atoms with Gasteiger partial charge in [-0.1, -0.05) is 43.9 Å². The SMILES string of the molecule is CCCCC[C@H](c1ccc(Cl)nc1)N1CCNCC1. The van der Waals surface area contributed by atoms with E-state index in [1.54, 1.807) is 0 Å². The van der Waals surface area contributed by atoms with Crippen molar-refractivity contribution in [2.24, 2.45) is 0 Å². The number of pyridine rings is 1. The van der Waals surface area contributed by atoms with Crippen molar-refractivity contribution in [2.75, 3.05) is 26.2 Å². The number of hydrogen-bond acceptors (Lipinski definition) is 3. The van der Waals surface area contributed by atoms with Crippen LogP contribution in [0.15, 0.2) is 18.3 Å². The topological polar surface area (TPSA) is 28.2 Å². The fraction of sp³-hybridized carbons (Fsp3) is 0.667. The van der Waals surface area contributed by atoms with E-state index in [0.717, 1.165) is 26.2 Å². The van der Waals surface area contributed by atoms with Gasteiger partial charge in [-0.05, 0) is 18.1 Å². The second kappa shape index (κ2) is 7.83. The molecule has 2 heterocycles. The molecule has 1 fully saturated rings. The quantitative estimate of drug-likeness (QED) is 0.641. The summed E-state index contributed by atoms with van der Waals surface area (Å²) in [4.78, 5) is 6.83. The molecule has 4 heteroatoms. The molecule has 1 aromatic rings.